The molecule has 1 unspecified atom stereocenters. The number of aliphatic hydroxyl groups is 1. The number of aliphatic hydroxyl groups excluding tert-OH is 1. The van der Waals surface area contributed by atoms with Crippen molar-refractivity contribution in [2.45, 2.75) is 71.6 Å². The summed E-state index contributed by atoms with van der Waals surface area (Å²) in [6, 6.07) is 6.75. The zero-order valence-corrected chi connectivity index (χ0v) is 15.0. The van der Waals surface area contributed by atoms with Crippen LogP contribution in [-0.2, 0) is 19.4 Å². The number of benzene rings is 1. The normalized spacial score (nSPS) is 16.6. The van der Waals surface area contributed by atoms with Crippen LogP contribution in [0.25, 0.3) is 10.9 Å². The van der Waals surface area contributed by atoms with E-state index < -0.39 is 0 Å². The van der Waals surface area contributed by atoms with Crippen molar-refractivity contribution in [3.05, 3.63) is 35.0 Å². The van der Waals surface area contributed by atoms with Gasteiger partial charge >= 0.3 is 0 Å². The van der Waals surface area contributed by atoms with Gasteiger partial charge in [-0.05, 0) is 71.1 Å². The van der Waals surface area contributed by atoms with Crippen molar-refractivity contribution in [3.63, 3.8) is 0 Å². The Balaban J connectivity index is 1.91. The minimum Gasteiger partial charge on any atom is -0.385 e. The summed E-state index contributed by atoms with van der Waals surface area (Å²) in [5.74, 6) is 0. The highest BCUT2D eigenvalue weighted by Gasteiger charge is 2.23. The second-order valence-corrected chi connectivity index (χ2v) is 8.22. The largest absolute Gasteiger partial charge is 0.385 e. The molecule has 0 saturated heterocycles. The van der Waals surface area contributed by atoms with Crippen LogP contribution in [0.4, 0.5) is 0 Å². The van der Waals surface area contributed by atoms with Crippen molar-refractivity contribution < 1.29 is 10.4 Å². The lowest BCUT2D eigenvalue weighted by atomic mass is 9.95. The Bertz CT molecular complexity index is 694. The van der Waals surface area contributed by atoms with Crippen LogP contribution in [0.5, 0.6) is 0 Å². The molecule has 1 aliphatic rings. The highest BCUT2D eigenvalue weighted by Crippen LogP contribution is 2.32. The van der Waals surface area contributed by atoms with E-state index >= 15 is 0 Å². The van der Waals surface area contributed by atoms with Gasteiger partial charge in [-0.25, -0.2) is 0 Å². The van der Waals surface area contributed by atoms with Crippen LogP contribution in [0.15, 0.2) is 18.2 Å². The molecule has 3 nitrogen and oxygen atoms in total. The second-order valence-electron chi connectivity index (χ2n) is 8.22. The Morgan fingerprint density at radius 3 is 2.70 bits per heavy atom. The summed E-state index contributed by atoms with van der Waals surface area (Å²) in [6.07, 6.45) is 4.59. The monoisotopic (exact) mass is 315 g/mol. The summed E-state index contributed by atoms with van der Waals surface area (Å²) in [4.78, 5) is 0. The fraction of sp³-hybridized carbons (Fsp3) is 0.600. The van der Waals surface area contributed by atoms with E-state index in [9.17, 15) is 5.11 Å². The predicted molar refractivity (Wildman–Crippen MR) is 95.9 cm³/mol. The SMILES string of the molecule is Cc1ccc2c(c1)c1c(n2CC(O)C[NH2+]C(C)(C)C)CCCC1. The molecule has 3 N–H and O–H groups in total. The first-order valence-corrected chi connectivity index (χ1v) is 8.98. The van der Waals surface area contributed by atoms with Crippen LogP contribution in [0.1, 0.15) is 50.4 Å². The first kappa shape index (κ1) is 16.5. The number of hydrogen-bond acceptors (Lipinski definition) is 1. The van der Waals surface area contributed by atoms with Gasteiger partial charge < -0.3 is 15.0 Å². The lowest BCUT2D eigenvalue weighted by Crippen LogP contribution is -2.96. The van der Waals surface area contributed by atoms with Crippen LogP contribution >= 0.6 is 0 Å². The van der Waals surface area contributed by atoms with E-state index in [2.05, 4.69) is 55.8 Å². The minimum atomic E-state index is -0.308. The lowest BCUT2D eigenvalue weighted by molar-refractivity contribution is -0.722. The molecular weight excluding hydrogens is 284 g/mol. The topological polar surface area (TPSA) is 41.8 Å². The second kappa shape index (κ2) is 6.29. The average Bonchev–Trinajstić information content (AvgIpc) is 2.79. The van der Waals surface area contributed by atoms with Crippen molar-refractivity contribution in [1.29, 1.82) is 0 Å². The van der Waals surface area contributed by atoms with Gasteiger partial charge in [0.1, 0.15) is 12.6 Å². The number of aryl methyl sites for hydroxylation is 2. The fourth-order valence-electron chi connectivity index (χ4n) is 3.73. The summed E-state index contributed by atoms with van der Waals surface area (Å²) in [5.41, 5.74) is 5.78. The van der Waals surface area contributed by atoms with Gasteiger partial charge in [0, 0.05) is 16.6 Å². The Hall–Kier alpha value is -1.32. The Labute approximate surface area is 139 Å². The van der Waals surface area contributed by atoms with Gasteiger partial charge in [-0.15, -0.1) is 0 Å². The van der Waals surface area contributed by atoms with Crippen molar-refractivity contribution in [3.8, 4) is 0 Å². The van der Waals surface area contributed by atoms with E-state index in [1.54, 1.807) is 0 Å². The van der Waals surface area contributed by atoms with E-state index in [1.165, 1.54) is 47.0 Å². The number of hydrogen-bond donors (Lipinski definition) is 2. The molecular formula is C20H31N2O+. The molecule has 1 aromatic heterocycles. The van der Waals surface area contributed by atoms with E-state index in [-0.39, 0.29) is 11.6 Å². The number of rotatable bonds is 4. The molecule has 0 saturated carbocycles. The smallest absolute Gasteiger partial charge is 0.121 e. The first-order valence-electron chi connectivity index (χ1n) is 8.98. The number of quaternary nitrogens is 1. The van der Waals surface area contributed by atoms with Crippen LogP contribution in [0, 0.1) is 6.92 Å². The van der Waals surface area contributed by atoms with E-state index in [0.717, 1.165) is 13.0 Å². The molecule has 1 atom stereocenters. The summed E-state index contributed by atoms with van der Waals surface area (Å²) < 4.78 is 2.39. The van der Waals surface area contributed by atoms with Crippen LogP contribution < -0.4 is 5.32 Å². The third kappa shape index (κ3) is 3.61. The molecule has 1 aromatic carbocycles. The highest BCUT2D eigenvalue weighted by atomic mass is 16.3. The summed E-state index contributed by atoms with van der Waals surface area (Å²) in [5, 5.41) is 14.2. The van der Waals surface area contributed by atoms with Crippen LogP contribution in [-0.4, -0.2) is 27.9 Å². The standard InChI is InChI=1S/C20H30N2O/c1-14-9-10-19-17(11-14)16-7-5-6-8-18(16)22(19)13-15(23)12-21-20(2,3)4/h9-11,15,21,23H,5-8,12-13H2,1-4H3/p+1. The zero-order chi connectivity index (χ0) is 16.6. The van der Waals surface area contributed by atoms with Gasteiger partial charge in [-0.2, -0.15) is 0 Å². The van der Waals surface area contributed by atoms with Crippen LogP contribution in [0.3, 0.4) is 0 Å². The van der Waals surface area contributed by atoms with Gasteiger partial charge in [0.05, 0.1) is 12.1 Å². The van der Waals surface area contributed by atoms with Crippen molar-refractivity contribution >= 4 is 10.9 Å². The van der Waals surface area contributed by atoms with Gasteiger partial charge in [0.15, 0.2) is 0 Å². The molecule has 3 rings (SSSR count). The Morgan fingerprint density at radius 1 is 1.22 bits per heavy atom. The maximum Gasteiger partial charge on any atom is 0.121 e. The zero-order valence-electron chi connectivity index (χ0n) is 15.0. The number of fused-ring (bicyclic) bond motifs is 3. The van der Waals surface area contributed by atoms with E-state index in [4.69, 9.17) is 0 Å². The molecule has 23 heavy (non-hydrogen) atoms. The van der Waals surface area contributed by atoms with Crippen molar-refractivity contribution in [2.75, 3.05) is 6.54 Å². The summed E-state index contributed by atoms with van der Waals surface area (Å²) in [7, 11) is 0. The Kier molecular flexibility index (Phi) is 4.52. The van der Waals surface area contributed by atoms with Gasteiger partial charge in [-0.3, -0.25) is 0 Å². The van der Waals surface area contributed by atoms with Gasteiger partial charge in [0.25, 0.3) is 0 Å². The number of nitrogens with zero attached hydrogens (tertiary/aromatic N) is 1. The maximum atomic E-state index is 10.5. The highest BCUT2D eigenvalue weighted by molar-refractivity contribution is 5.86. The van der Waals surface area contributed by atoms with Crippen molar-refractivity contribution in [2.24, 2.45) is 0 Å². The maximum absolute atomic E-state index is 10.5. The molecule has 0 spiro atoms. The lowest BCUT2D eigenvalue weighted by Gasteiger charge is -2.21. The van der Waals surface area contributed by atoms with E-state index in [0.29, 0.717) is 6.54 Å². The van der Waals surface area contributed by atoms with Gasteiger partial charge in [-0.1, -0.05) is 11.6 Å². The third-order valence-electron chi connectivity index (χ3n) is 4.93. The number of nitrogens with two attached hydrogens (primary N) is 1. The van der Waals surface area contributed by atoms with E-state index in [1.807, 2.05) is 0 Å². The number of aromatic nitrogens is 1. The minimum absolute atomic E-state index is 0.163. The Morgan fingerprint density at radius 2 is 1.96 bits per heavy atom. The average molecular weight is 315 g/mol. The quantitative estimate of drug-likeness (QED) is 0.894. The third-order valence-corrected chi connectivity index (χ3v) is 4.93. The fourth-order valence-corrected chi connectivity index (χ4v) is 3.73. The molecule has 0 bridgehead atoms. The molecule has 0 radical (unpaired) electrons. The molecule has 2 aromatic rings. The molecule has 1 aliphatic carbocycles. The summed E-state index contributed by atoms with van der Waals surface area (Å²) in [6.45, 7) is 10.2. The predicted octanol–water partition coefficient (Wildman–Crippen LogP) is 2.55. The molecule has 1 heterocycles. The first-order chi connectivity index (χ1) is 10.8. The molecule has 0 amide bonds. The van der Waals surface area contributed by atoms with Crippen molar-refractivity contribution in [1.82, 2.24) is 4.57 Å². The molecule has 0 fully saturated rings. The molecule has 3 heteroatoms. The molecule has 126 valence electrons. The molecule has 0 aliphatic heterocycles. The summed E-state index contributed by atoms with van der Waals surface area (Å²) >= 11 is 0. The van der Waals surface area contributed by atoms with Gasteiger partial charge in [0.2, 0.25) is 0 Å². The van der Waals surface area contributed by atoms with Crippen LogP contribution in [0.2, 0.25) is 0 Å².